The van der Waals surface area contributed by atoms with Gasteiger partial charge in [-0.25, -0.2) is 4.68 Å². The molecule has 0 bridgehead atoms. The molecule has 0 unspecified atom stereocenters. The van der Waals surface area contributed by atoms with Crippen LogP contribution in [0, 0.1) is 6.92 Å². The van der Waals surface area contributed by atoms with E-state index in [-0.39, 0.29) is 6.61 Å². The number of methoxy groups -OCH3 is 1. The third kappa shape index (κ3) is 6.93. The fourth-order valence-electron chi connectivity index (χ4n) is 3.76. The van der Waals surface area contributed by atoms with E-state index in [0.717, 1.165) is 35.7 Å². The largest absolute Gasteiger partial charge is 0.497 e. The van der Waals surface area contributed by atoms with E-state index in [2.05, 4.69) is 18.4 Å². The van der Waals surface area contributed by atoms with Crippen LogP contribution in [0.3, 0.4) is 0 Å². The predicted octanol–water partition coefficient (Wildman–Crippen LogP) is 4.76. The number of aryl methyl sites for hydroxylation is 1. The lowest BCUT2D eigenvalue weighted by atomic mass is 10.2. The second-order valence-electron chi connectivity index (χ2n) is 8.11. The molecular formula is C27H35N3O4. The highest BCUT2D eigenvalue weighted by molar-refractivity contribution is 5.44. The molecule has 182 valence electrons. The van der Waals surface area contributed by atoms with E-state index in [0.29, 0.717) is 31.3 Å². The van der Waals surface area contributed by atoms with Crippen LogP contribution in [0.2, 0.25) is 0 Å². The lowest BCUT2D eigenvalue weighted by Crippen LogP contribution is -2.35. The molecule has 0 spiro atoms. The Morgan fingerprint density at radius 1 is 1.15 bits per heavy atom. The van der Waals surface area contributed by atoms with Crippen molar-refractivity contribution >= 4 is 0 Å². The van der Waals surface area contributed by atoms with Crippen molar-refractivity contribution in [3.8, 4) is 23.1 Å². The summed E-state index contributed by atoms with van der Waals surface area (Å²) in [4.78, 5) is 2.21. The van der Waals surface area contributed by atoms with Crippen molar-refractivity contribution in [1.82, 2.24) is 14.7 Å². The minimum Gasteiger partial charge on any atom is -0.497 e. The smallest absolute Gasteiger partial charge is 0.227 e. The van der Waals surface area contributed by atoms with Crippen molar-refractivity contribution in [3.05, 3.63) is 78.5 Å². The maximum atomic E-state index is 10.5. The normalized spacial score (nSPS) is 12.0. The molecule has 2 aromatic carbocycles. The molecule has 1 heterocycles. The van der Waals surface area contributed by atoms with Gasteiger partial charge in [-0.1, -0.05) is 37.3 Å². The lowest BCUT2D eigenvalue weighted by Gasteiger charge is -2.25. The molecule has 1 atom stereocenters. The van der Waals surface area contributed by atoms with Crippen LogP contribution in [0.25, 0.3) is 5.69 Å². The second-order valence-corrected chi connectivity index (χ2v) is 8.11. The molecule has 0 amide bonds. The molecule has 7 heteroatoms. The number of ether oxygens (including phenoxy) is 3. The van der Waals surface area contributed by atoms with Gasteiger partial charge in [0, 0.05) is 19.2 Å². The van der Waals surface area contributed by atoms with E-state index < -0.39 is 6.10 Å². The number of aliphatic hydroxyl groups is 1. The number of aliphatic hydroxyl groups excluding tert-OH is 1. The maximum absolute atomic E-state index is 10.5. The van der Waals surface area contributed by atoms with Gasteiger partial charge in [0.05, 0.1) is 43.4 Å². The Kier molecular flexibility index (Phi) is 9.70. The number of benzene rings is 2. The molecule has 0 saturated heterocycles. The first kappa shape index (κ1) is 25.5. The van der Waals surface area contributed by atoms with Gasteiger partial charge in [0.15, 0.2) is 0 Å². The zero-order chi connectivity index (χ0) is 24.3. The van der Waals surface area contributed by atoms with Crippen molar-refractivity contribution in [2.75, 3.05) is 33.4 Å². The van der Waals surface area contributed by atoms with Gasteiger partial charge in [0.1, 0.15) is 11.5 Å². The fraction of sp³-hybridized carbons (Fsp3) is 0.370. The van der Waals surface area contributed by atoms with Gasteiger partial charge in [-0.2, -0.15) is 5.10 Å². The Balaban J connectivity index is 1.92. The van der Waals surface area contributed by atoms with Gasteiger partial charge >= 0.3 is 0 Å². The van der Waals surface area contributed by atoms with Gasteiger partial charge in [-0.3, -0.25) is 4.90 Å². The Labute approximate surface area is 202 Å². The van der Waals surface area contributed by atoms with Crippen LogP contribution >= 0.6 is 0 Å². The minimum atomic E-state index is -0.598. The molecule has 1 aromatic heterocycles. The van der Waals surface area contributed by atoms with Crippen LogP contribution in [0.15, 0.2) is 67.3 Å². The Morgan fingerprint density at radius 2 is 1.91 bits per heavy atom. The van der Waals surface area contributed by atoms with Crippen molar-refractivity contribution < 1.29 is 19.3 Å². The Hall–Kier alpha value is -3.13. The van der Waals surface area contributed by atoms with Crippen molar-refractivity contribution in [2.24, 2.45) is 0 Å². The fourth-order valence-corrected chi connectivity index (χ4v) is 3.76. The van der Waals surface area contributed by atoms with Crippen LogP contribution < -0.4 is 9.47 Å². The molecule has 7 nitrogen and oxygen atoms in total. The van der Waals surface area contributed by atoms with E-state index in [1.54, 1.807) is 13.2 Å². The minimum absolute atomic E-state index is 0.266. The van der Waals surface area contributed by atoms with Crippen LogP contribution in [0.5, 0.6) is 17.4 Å². The summed E-state index contributed by atoms with van der Waals surface area (Å²) in [6.07, 6.45) is 2.04. The summed E-state index contributed by atoms with van der Waals surface area (Å²) in [6, 6.07) is 17.5. The number of aromatic nitrogens is 2. The van der Waals surface area contributed by atoms with E-state index in [1.807, 2.05) is 66.2 Å². The van der Waals surface area contributed by atoms with E-state index in [4.69, 9.17) is 19.3 Å². The molecule has 0 radical (unpaired) electrons. The molecule has 0 saturated carbocycles. The maximum Gasteiger partial charge on any atom is 0.227 e. The average Bonchev–Trinajstić information content (AvgIpc) is 3.15. The van der Waals surface area contributed by atoms with Crippen molar-refractivity contribution in [1.29, 1.82) is 0 Å². The molecular weight excluding hydrogens is 430 g/mol. The number of hydrogen-bond acceptors (Lipinski definition) is 6. The first-order chi connectivity index (χ1) is 16.5. The lowest BCUT2D eigenvalue weighted by molar-refractivity contribution is 0.0244. The quantitative estimate of drug-likeness (QED) is 0.274. The zero-order valence-corrected chi connectivity index (χ0v) is 20.3. The van der Waals surface area contributed by atoms with Gasteiger partial charge in [-0.15, -0.1) is 6.58 Å². The second kappa shape index (κ2) is 12.9. The average molecular weight is 466 g/mol. The summed E-state index contributed by atoms with van der Waals surface area (Å²) in [5.74, 6) is 2.03. The first-order valence-corrected chi connectivity index (χ1v) is 11.6. The van der Waals surface area contributed by atoms with E-state index >= 15 is 0 Å². The van der Waals surface area contributed by atoms with E-state index in [1.165, 1.54) is 0 Å². The highest BCUT2D eigenvalue weighted by Gasteiger charge is 2.22. The topological polar surface area (TPSA) is 69.0 Å². The van der Waals surface area contributed by atoms with Crippen LogP contribution in [-0.2, 0) is 11.3 Å². The summed E-state index contributed by atoms with van der Waals surface area (Å²) < 4.78 is 19.1. The molecule has 34 heavy (non-hydrogen) atoms. The Bertz CT molecular complexity index is 1040. The van der Waals surface area contributed by atoms with Crippen LogP contribution in [0.1, 0.15) is 24.6 Å². The number of rotatable bonds is 14. The first-order valence-electron chi connectivity index (χ1n) is 11.6. The Morgan fingerprint density at radius 3 is 2.62 bits per heavy atom. The monoisotopic (exact) mass is 465 g/mol. The van der Waals surface area contributed by atoms with Gasteiger partial charge in [0.2, 0.25) is 5.88 Å². The van der Waals surface area contributed by atoms with Gasteiger partial charge in [-0.05, 0) is 44.2 Å². The van der Waals surface area contributed by atoms with E-state index in [9.17, 15) is 5.11 Å². The molecule has 3 rings (SSSR count). The summed E-state index contributed by atoms with van der Waals surface area (Å²) in [6.45, 7) is 10.3. The summed E-state index contributed by atoms with van der Waals surface area (Å²) in [7, 11) is 1.63. The summed E-state index contributed by atoms with van der Waals surface area (Å²) in [5.41, 5.74) is 2.76. The standard InChI is InChI=1S/C27H35N3O4/c1-5-15-29(18-23(31)20-33-16-6-2)19-26-21(3)28-30(22-11-8-7-9-12-22)27(26)34-25-14-10-13-24(17-25)32-4/h6-14,17,23,31H,2,5,15-16,18-20H2,1,3-4H3/t23-/m1/s1. The third-order valence-corrected chi connectivity index (χ3v) is 5.33. The SMILES string of the molecule is C=CCOC[C@H](O)CN(CCC)Cc1c(C)nn(-c2ccccc2)c1Oc1cccc(OC)c1. The van der Waals surface area contributed by atoms with Gasteiger partial charge in [0.25, 0.3) is 0 Å². The predicted molar refractivity (Wildman–Crippen MR) is 134 cm³/mol. The zero-order valence-electron chi connectivity index (χ0n) is 20.3. The highest BCUT2D eigenvalue weighted by Crippen LogP contribution is 2.33. The molecule has 3 aromatic rings. The number of hydrogen-bond donors (Lipinski definition) is 1. The molecule has 0 fully saturated rings. The highest BCUT2D eigenvalue weighted by atomic mass is 16.5. The third-order valence-electron chi connectivity index (χ3n) is 5.33. The molecule has 0 aliphatic heterocycles. The van der Waals surface area contributed by atoms with Crippen LogP contribution in [0.4, 0.5) is 0 Å². The van der Waals surface area contributed by atoms with Crippen molar-refractivity contribution in [3.63, 3.8) is 0 Å². The number of nitrogens with zero attached hydrogens (tertiary/aromatic N) is 3. The molecule has 1 N–H and O–H groups in total. The summed E-state index contributed by atoms with van der Waals surface area (Å²) in [5, 5.41) is 15.3. The van der Waals surface area contributed by atoms with Crippen LogP contribution in [-0.4, -0.2) is 59.3 Å². The van der Waals surface area contributed by atoms with Gasteiger partial charge < -0.3 is 19.3 Å². The number of para-hydroxylation sites is 1. The molecule has 0 aliphatic rings. The molecule has 0 aliphatic carbocycles. The summed E-state index contributed by atoms with van der Waals surface area (Å²) >= 11 is 0. The van der Waals surface area contributed by atoms with Crippen molar-refractivity contribution in [2.45, 2.75) is 32.9 Å².